The zero-order chi connectivity index (χ0) is 13.1. The molecule has 2 aromatic rings. The van der Waals surface area contributed by atoms with Crippen molar-refractivity contribution in [1.29, 1.82) is 0 Å². The highest BCUT2D eigenvalue weighted by Crippen LogP contribution is 2.28. The minimum absolute atomic E-state index is 0.556. The number of fused-ring (bicyclic) bond motifs is 1. The number of nitrogens with one attached hydrogen (secondary N) is 1. The third-order valence-electron chi connectivity index (χ3n) is 3.83. The Bertz CT molecular complexity index is 564. The van der Waals surface area contributed by atoms with E-state index in [-0.39, 0.29) is 0 Å². The maximum absolute atomic E-state index is 10.4. The molecule has 4 nitrogen and oxygen atoms in total. The van der Waals surface area contributed by atoms with Crippen LogP contribution in [-0.2, 0) is 0 Å². The number of rotatable bonds is 3. The molecule has 0 bridgehead atoms. The van der Waals surface area contributed by atoms with Gasteiger partial charge in [-0.2, -0.15) is 0 Å². The topological polar surface area (TPSA) is 58.0 Å². The lowest BCUT2D eigenvalue weighted by Crippen LogP contribution is -2.38. The van der Waals surface area contributed by atoms with Crippen LogP contribution in [0.15, 0.2) is 30.5 Å². The van der Waals surface area contributed by atoms with Crippen molar-refractivity contribution in [3.63, 3.8) is 0 Å². The lowest BCUT2D eigenvalue weighted by Gasteiger charge is -2.32. The molecule has 0 amide bonds. The predicted molar refractivity (Wildman–Crippen MR) is 76.1 cm³/mol. The van der Waals surface area contributed by atoms with Gasteiger partial charge in [0.1, 0.15) is 5.82 Å². The highest BCUT2D eigenvalue weighted by Gasteiger charge is 2.28. The largest absolute Gasteiger partial charge is 0.388 e. The van der Waals surface area contributed by atoms with E-state index >= 15 is 0 Å². The molecule has 1 aliphatic carbocycles. The van der Waals surface area contributed by atoms with E-state index in [1.165, 1.54) is 6.42 Å². The van der Waals surface area contributed by atoms with Crippen LogP contribution in [-0.4, -0.2) is 27.2 Å². The molecule has 0 aliphatic heterocycles. The van der Waals surface area contributed by atoms with Crippen LogP contribution < -0.4 is 5.32 Å². The first-order chi connectivity index (χ1) is 9.25. The molecule has 0 saturated heterocycles. The first-order valence-corrected chi connectivity index (χ1v) is 6.93. The van der Waals surface area contributed by atoms with Gasteiger partial charge in [0.25, 0.3) is 0 Å². The fourth-order valence-electron chi connectivity index (χ4n) is 2.68. The first kappa shape index (κ1) is 12.4. The van der Waals surface area contributed by atoms with Crippen LogP contribution in [0.25, 0.3) is 11.0 Å². The van der Waals surface area contributed by atoms with E-state index in [0.29, 0.717) is 6.54 Å². The Hall–Kier alpha value is -1.68. The molecular weight excluding hydrogens is 238 g/mol. The van der Waals surface area contributed by atoms with Crippen LogP contribution in [0.2, 0.25) is 0 Å². The smallest absolute Gasteiger partial charge is 0.145 e. The summed E-state index contributed by atoms with van der Waals surface area (Å²) in [4.78, 5) is 8.87. The molecule has 0 radical (unpaired) electrons. The monoisotopic (exact) mass is 257 g/mol. The second-order valence-corrected chi connectivity index (χ2v) is 5.38. The SMILES string of the molecule is OC1(CNc2cnc3ccccc3n2)CCCCC1. The van der Waals surface area contributed by atoms with Gasteiger partial charge in [-0.25, -0.2) is 4.98 Å². The summed E-state index contributed by atoms with van der Waals surface area (Å²) in [6.45, 7) is 0.556. The van der Waals surface area contributed by atoms with Gasteiger partial charge < -0.3 is 10.4 Å². The van der Waals surface area contributed by atoms with Crippen LogP contribution in [0.5, 0.6) is 0 Å². The lowest BCUT2D eigenvalue weighted by atomic mass is 9.85. The normalized spacial score (nSPS) is 18.4. The second-order valence-electron chi connectivity index (χ2n) is 5.38. The van der Waals surface area contributed by atoms with Gasteiger partial charge in [-0.1, -0.05) is 31.4 Å². The summed E-state index contributed by atoms with van der Waals surface area (Å²) in [5, 5.41) is 13.7. The number of hydrogen-bond donors (Lipinski definition) is 2. The Kier molecular flexibility index (Phi) is 3.34. The second kappa shape index (κ2) is 5.13. The molecule has 1 fully saturated rings. The minimum atomic E-state index is -0.578. The van der Waals surface area contributed by atoms with Gasteiger partial charge in [-0.3, -0.25) is 4.98 Å². The Balaban J connectivity index is 1.71. The van der Waals surface area contributed by atoms with Gasteiger partial charge in [0.15, 0.2) is 0 Å². The molecule has 0 atom stereocenters. The van der Waals surface area contributed by atoms with Gasteiger partial charge in [0.05, 0.1) is 22.8 Å². The number of anilines is 1. The average Bonchev–Trinajstić information content (AvgIpc) is 2.46. The third-order valence-corrected chi connectivity index (χ3v) is 3.83. The number of nitrogens with zero attached hydrogens (tertiary/aromatic N) is 2. The molecule has 1 heterocycles. The van der Waals surface area contributed by atoms with Crippen molar-refractivity contribution < 1.29 is 5.11 Å². The van der Waals surface area contributed by atoms with E-state index in [1.54, 1.807) is 6.20 Å². The summed E-state index contributed by atoms with van der Waals surface area (Å²) >= 11 is 0. The molecule has 100 valence electrons. The summed E-state index contributed by atoms with van der Waals surface area (Å²) in [5.41, 5.74) is 1.19. The quantitative estimate of drug-likeness (QED) is 0.887. The van der Waals surface area contributed by atoms with E-state index in [2.05, 4.69) is 15.3 Å². The van der Waals surface area contributed by atoms with Crippen LogP contribution in [0.4, 0.5) is 5.82 Å². The van der Waals surface area contributed by atoms with E-state index < -0.39 is 5.60 Å². The number of para-hydroxylation sites is 2. The standard InChI is InChI=1S/C15H19N3O/c19-15(8-4-1-5-9-15)11-17-14-10-16-12-6-2-3-7-13(12)18-14/h2-3,6-7,10,19H,1,4-5,8-9,11H2,(H,17,18). The molecule has 19 heavy (non-hydrogen) atoms. The van der Waals surface area contributed by atoms with E-state index in [1.807, 2.05) is 24.3 Å². The van der Waals surface area contributed by atoms with Gasteiger partial charge >= 0.3 is 0 Å². The van der Waals surface area contributed by atoms with Crippen LogP contribution >= 0.6 is 0 Å². The zero-order valence-corrected chi connectivity index (χ0v) is 11.0. The number of hydrogen-bond acceptors (Lipinski definition) is 4. The molecule has 0 spiro atoms. The fourth-order valence-corrected chi connectivity index (χ4v) is 2.68. The van der Waals surface area contributed by atoms with Crippen LogP contribution in [0, 0.1) is 0 Å². The first-order valence-electron chi connectivity index (χ1n) is 6.93. The van der Waals surface area contributed by atoms with E-state index in [0.717, 1.165) is 42.5 Å². The van der Waals surface area contributed by atoms with E-state index in [4.69, 9.17) is 0 Å². The number of benzene rings is 1. The van der Waals surface area contributed by atoms with Gasteiger partial charge in [-0.15, -0.1) is 0 Å². The van der Waals surface area contributed by atoms with Crippen molar-refractivity contribution in [2.75, 3.05) is 11.9 Å². The third kappa shape index (κ3) is 2.84. The molecule has 1 aromatic carbocycles. The van der Waals surface area contributed by atoms with Gasteiger partial charge in [0, 0.05) is 6.54 Å². The highest BCUT2D eigenvalue weighted by atomic mass is 16.3. The highest BCUT2D eigenvalue weighted by molar-refractivity contribution is 5.75. The Labute approximate surface area is 112 Å². The molecule has 3 rings (SSSR count). The summed E-state index contributed by atoms with van der Waals surface area (Å²) < 4.78 is 0. The van der Waals surface area contributed by atoms with Crippen molar-refractivity contribution >= 4 is 16.9 Å². The maximum Gasteiger partial charge on any atom is 0.145 e. The summed E-state index contributed by atoms with van der Waals surface area (Å²) in [6, 6.07) is 7.80. The van der Waals surface area contributed by atoms with Crippen molar-refractivity contribution in [3.8, 4) is 0 Å². The van der Waals surface area contributed by atoms with Gasteiger partial charge in [0.2, 0.25) is 0 Å². The molecule has 4 heteroatoms. The van der Waals surface area contributed by atoms with Crippen molar-refractivity contribution in [2.24, 2.45) is 0 Å². The average molecular weight is 257 g/mol. The van der Waals surface area contributed by atoms with E-state index in [9.17, 15) is 5.11 Å². The molecule has 1 aromatic heterocycles. The molecular formula is C15H19N3O. The fraction of sp³-hybridized carbons (Fsp3) is 0.467. The summed E-state index contributed by atoms with van der Waals surface area (Å²) in [7, 11) is 0. The maximum atomic E-state index is 10.4. The van der Waals surface area contributed by atoms with Crippen molar-refractivity contribution in [3.05, 3.63) is 30.5 Å². The molecule has 1 aliphatic rings. The summed E-state index contributed by atoms with van der Waals surface area (Å²) in [5.74, 6) is 0.734. The van der Waals surface area contributed by atoms with Crippen molar-refractivity contribution in [1.82, 2.24) is 9.97 Å². The zero-order valence-electron chi connectivity index (χ0n) is 11.0. The Morgan fingerprint density at radius 2 is 1.84 bits per heavy atom. The Morgan fingerprint density at radius 3 is 2.63 bits per heavy atom. The van der Waals surface area contributed by atoms with Crippen molar-refractivity contribution in [2.45, 2.75) is 37.7 Å². The predicted octanol–water partition coefficient (Wildman–Crippen LogP) is 2.74. The van der Waals surface area contributed by atoms with Gasteiger partial charge in [-0.05, 0) is 25.0 Å². The molecule has 0 unspecified atom stereocenters. The molecule has 2 N–H and O–H groups in total. The number of aliphatic hydroxyl groups is 1. The molecule has 1 saturated carbocycles. The summed E-state index contributed by atoms with van der Waals surface area (Å²) in [6.07, 6.45) is 6.94. The van der Waals surface area contributed by atoms with Crippen LogP contribution in [0.3, 0.4) is 0 Å². The Morgan fingerprint density at radius 1 is 1.11 bits per heavy atom. The lowest BCUT2D eigenvalue weighted by molar-refractivity contribution is 0.0166. The van der Waals surface area contributed by atoms with Crippen LogP contribution in [0.1, 0.15) is 32.1 Å². The minimum Gasteiger partial charge on any atom is -0.388 e. The number of aromatic nitrogens is 2.